The van der Waals surface area contributed by atoms with Gasteiger partial charge in [0.05, 0.1) is 24.4 Å². The van der Waals surface area contributed by atoms with Crippen molar-refractivity contribution in [1.29, 1.82) is 0 Å². The van der Waals surface area contributed by atoms with E-state index in [4.69, 9.17) is 4.74 Å². The molecule has 0 aliphatic heterocycles. The highest BCUT2D eigenvalue weighted by Crippen LogP contribution is 2.14. The smallest absolute Gasteiger partial charge is 0.168 e. The van der Waals surface area contributed by atoms with E-state index in [-0.39, 0.29) is 17.8 Å². The zero-order chi connectivity index (χ0) is 14.5. The third-order valence-corrected chi connectivity index (χ3v) is 3.71. The summed E-state index contributed by atoms with van der Waals surface area (Å²) in [5, 5.41) is 14.6. The van der Waals surface area contributed by atoms with Crippen molar-refractivity contribution in [2.45, 2.75) is 25.9 Å². The SMILES string of the molecule is COCCNC(C)c1nnnn1C(C)CS(C)(=O)=O. The van der Waals surface area contributed by atoms with E-state index in [2.05, 4.69) is 20.8 Å². The molecule has 0 aliphatic carbocycles. The van der Waals surface area contributed by atoms with Crippen LogP contribution in [0, 0.1) is 0 Å². The number of methoxy groups -OCH3 is 1. The van der Waals surface area contributed by atoms with Crippen molar-refractivity contribution < 1.29 is 13.2 Å². The number of nitrogens with zero attached hydrogens (tertiary/aromatic N) is 4. The van der Waals surface area contributed by atoms with E-state index in [9.17, 15) is 8.42 Å². The van der Waals surface area contributed by atoms with Gasteiger partial charge in [0, 0.05) is 19.9 Å². The molecule has 0 fully saturated rings. The van der Waals surface area contributed by atoms with Gasteiger partial charge in [0.25, 0.3) is 0 Å². The van der Waals surface area contributed by atoms with E-state index >= 15 is 0 Å². The van der Waals surface area contributed by atoms with Gasteiger partial charge in [0.2, 0.25) is 0 Å². The van der Waals surface area contributed by atoms with Crippen LogP contribution in [0.1, 0.15) is 31.8 Å². The lowest BCUT2D eigenvalue weighted by Crippen LogP contribution is -2.28. The lowest BCUT2D eigenvalue weighted by Gasteiger charge is -2.17. The zero-order valence-electron chi connectivity index (χ0n) is 11.7. The number of ether oxygens (including phenoxy) is 1. The standard InChI is InChI=1S/C10H21N5O3S/c1-8(7-19(4,16)17)15-10(12-13-14-15)9(2)11-5-6-18-3/h8-9,11H,5-7H2,1-4H3. The average Bonchev–Trinajstić information content (AvgIpc) is 2.75. The summed E-state index contributed by atoms with van der Waals surface area (Å²) < 4.78 is 29.1. The number of hydrogen-bond donors (Lipinski definition) is 1. The molecule has 8 nitrogen and oxygen atoms in total. The van der Waals surface area contributed by atoms with E-state index in [1.165, 1.54) is 6.26 Å². The Balaban J connectivity index is 2.73. The number of tetrazole rings is 1. The quantitative estimate of drug-likeness (QED) is 0.649. The summed E-state index contributed by atoms with van der Waals surface area (Å²) in [6.07, 6.45) is 1.20. The first-order valence-corrected chi connectivity index (χ1v) is 8.09. The predicted octanol–water partition coefficient (Wildman–Crippen LogP) is -0.424. The van der Waals surface area contributed by atoms with Crippen LogP contribution in [0.3, 0.4) is 0 Å². The molecule has 1 N–H and O–H groups in total. The number of hydrogen-bond acceptors (Lipinski definition) is 7. The molecule has 1 heterocycles. The Bertz CT molecular complexity index is 487. The van der Waals surface area contributed by atoms with Gasteiger partial charge in [-0.2, -0.15) is 0 Å². The highest BCUT2D eigenvalue weighted by molar-refractivity contribution is 7.90. The molecule has 0 aromatic carbocycles. The normalized spacial score (nSPS) is 15.4. The lowest BCUT2D eigenvalue weighted by molar-refractivity contribution is 0.195. The predicted molar refractivity (Wildman–Crippen MR) is 70.5 cm³/mol. The van der Waals surface area contributed by atoms with Crippen LogP contribution in [-0.4, -0.2) is 60.9 Å². The zero-order valence-corrected chi connectivity index (χ0v) is 12.5. The fraction of sp³-hybridized carbons (Fsp3) is 0.900. The van der Waals surface area contributed by atoms with Crippen LogP contribution >= 0.6 is 0 Å². The first-order valence-electron chi connectivity index (χ1n) is 6.03. The van der Waals surface area contributed by atoms with Crippen LogP contribution in [0.15, 0.2) is 0 Å². The molecular weight excluding hydrogens is 270 g/mol. The molecule has 0 spiro atoms. The first kappa shape index (κ1) is 16.0. The molecule has 0 radical (unpaired) electrons. The van der Waals surface area contributed by atoms with Gasteiger partial charge in [0.15, 0.2) is 5.82 Å². The third kappa shape index (κ3) is 5.21. The third-order valence-electron chi connectivity index (χ3n) is 2.62. The highest BCUT2D eigenvalue weighted by Gasteiger charge is 2.20. The molecule has 9 heteroatoms. The van der Waals surface area contributed by atoms with Gasteiger partial charge in [-0.3, -0.25) is 0 Å². The van der Waals surface area contributed by atoms with Crippen molar-refractivity contribution >= 4 is 9.84 Å². The molecule has 0 saturated carbocycles. The van der Waals surface area contributed by atoms with Crippen molar-refractivity contribution in [3.05, 3.63) is 5.82 Å². The minimum absolute atomic E-state index is 0.00975. The van der Waals surface area contributed by atoms with Crippen molar-refractivity contribution in [2.75, 3.05) is 32.3 Å². The van der Waals surface area contributed by atoms with Gasteiger partial charge < -0.3 is 10.1 Å². The molecule has 19 heavy (non-hydrogen) atoms. The fourth-order valence-corrected chi connectivity index (χ4v) is 2.79. The second-order valence-electron chi connectivity index (χ2n) is 4.59. The summed E-state index contributed by atoms with van der Waals surface area (Å²) in [6.45, 7) is 4.96. The van der Waals surface area contributed by atoms with E-state index in [1.54, 1.807) is 18.7 Å². The second kappa shape index (κ2) is 6.92. The Morgan fingerprint density at radius 1 is 1.42 bits per heavy atom. The van der Waals surface area contributed by atoms with E-state index < -0.39 is 9.84 Å². The van der Waals surface area contributed by atoms with Gasteiger partial charge in [-0.15, -0.1) is 5.10 Å². The summed E-state index contributed by atoms with van der Waals surface area (Å²) in [5.74, 6) is 0.628. The molecule has 1 aromatic rings. The van der Waals surface area contributed by atoms with E-state index in [1.807, 2.05) is 6.92 Å². The largest absolute Gasteiger partial charge is 0.383 e. The first-order chi connectivity index (χ1) is 8.85. The number of aromatic nitrogens is 4. The minimum atomic E-state index is -3.07. The van der Waals surface area contributed by atoms with Crippen LogP contribution in [-0.2, 0) is 14.6 Å². The van der Waals surface area contributed by atoms with E-state index in [0.29, 0.717) is 19.0 Å². The molecule has 110 valence electrons. The van der Waals surface area contributed by atoms with Crippen molar-refractivity contribution in [3.8, 4) is 0 Å². The van der Waals surface area contributed by atoms with Crippen molar-refractivity contribution in [1.82, 2.24) is 25.5 Å². The van der Waals surface area contributed by atoms with Crippen LogP contribution < -0.4 is 5.32 Å². The Morgan fingerprint density at radius 2 is 2.11 bits per heavy atom. The van der Waals surface area contributed by atoms with Crippen LogP contribution in [0.5, 0.6) is 0 Å². The monoisotopic (exact) mass is 291 g/mol. The Morgan fingerprint density at radius 3 is 2.68 bits per heavy atom. The molecule has 0 saturated heterocycles. The molecule has 0 amide bonds. The maximum atomic E-state index is 11.3. The average molecular weight is 291 g/mol. The summed E-state index contributed by atoms with van der Waals surface area (Å²) >= 11 is 0. The Labute approximate surface area is 113 Å². The maximum Gasteiger partial charge on any atom is 0.168 e. The molecule has 2 atom stereocenters. The summed E-state index contributed by atoms with van der Waals surface area (Å²) in [5.41, 5.74) is 0. The lowest BCUT2D eigenvalue weighted by atomic mass is 10.3. The van der Waals surface area contributed by atoms with Gasteiger partial charge in [-0.05, 0) is 24.3 Å². The van der Waals surface area contributed by atoms with Gasteiger partial charge in [-0.25, -0.2) is 13.1 Å². The van der Waals surface area contributed by atoms with Crippen LogP contribution in [0.4, 0.5) is 0 Å². The molecule has 1 rings (SSSR count). The molecule has 0 aliphatic rings. The fourth-order valence-electron chi connectivity index (χ4n) is 1.78. The Kier molecular flexibility index (Phi) is 5.83. The topological polar surface area (TPSA) is 99.0 Å². The summed E-state index contributed by atoms with van der Waals surface area (Å²) in [7, 11) is -1.44. The van der Waals surface area contributed by atoms with Gasteiger partial charge >= 0.3 is 0 Å². The van der Waals surface area contributed by atoms with Crippen molar-refractivity contribution in [2.24, 2.45) is 0 Å². The van der Waals surface area contributed by atoms with E-state index in [0.717, 1.165) is 0 Å². The van der Waals surface area contributed by atoms with Gasteiger partial charge in [-0.1, -0.05) is 0 Å². The van der Waals surface area contributed by atoms with Crippen LogP contribution in [0.2, 0.25) is 0 Å². The number of nitrogens with one attached hydrogen (secondary N) is 1. The second-order valence-corrected chi connectivity index (χ2v) is 6.78. The van der Waals surface area contributed by atoms with Gasteiger partial charge in [0.1, 0.15) is 9.84 Å². The molecule has 2 unspecified atom stereocenters. The summed E-state index contributed by atoms with van der Waals surface area (Å²) in [4.78, 5) is 0. The minimum Gasteiger partial charge on any atom is -0.383 e. The maximum absolute atomic E-state index is 11.3. The summed E-state index contributed by atoms with van der Waals surface area (Å²) in [6, 6.07) is -0.376. The molecule has 1 aromatic heterocycles. The highest BCUT2D eigenvalue weighted by atomic mass is 32.2. The number of sulfone groups is 1. The Hall–Kier alpha value is -1.06. The molecule has 0 bridgehead atoms. The van der Waals surface area contributed by atoms with Crippen LogP contribution in [0.25, 0.3) is 0 Å². The molecular formula is C10H21N5O3S. The number of rotatable bonds is 8. The van der Waals surface area contributed by atoms with Crippen molar-refractivity contribution in [3.63, 3.8) is 0 Å².